The molecule has 1 saturated carbocycles. The Morgan fingerprint density at radius 1 is 1.19 bits per heavy atom. The minimum Gasteiger partial charge on any atom is -0.392 e. The van der Waals surface area contributed by atoms with Crippen LogP contribution in [0.5, 0.6) is 0 Å². The number of allylic oxidation sites excluding steroid dienone is 1. The molecule has 2 aliphatic carbocycles. The monoisotopic (exact) mass is 587 g/mol. The predicted octanol–water partition coefficient (Wildman–Crippen LogP) is 4.63. The van der Waals surface area contributed by atoms with Crippen molar-refractivity contribution >= 4 is 11.7 Å². The molecule has 1 heterocycles. The first-order valence-electron chi connectivity index (χ1n) is 16.2. The smallest absolute Gasteiger partial charge is 0.251 e. The third kappa shape index (κ3) is 6.77. The Labute approximate surface area is 259 Å². The highest BCUT2D eigenvalue weighted by Crippen LogP contribution is 2.53. The second kappa shape index (κ2) is 14.0. The number of hydrogen-bond donors (Lipinski definition) is 4. The van der Waals surface area contributed by atoms with Crippen molar-refractivity contribution in [3.8, 4) is 6.07 Å². The van der Waals surface area contributed by atoms with E-state index in [4.69, 9.17) is 10.7 Å². The van der Waals surface area contributed by atoms with E-state index in [1.54, 1.807) is 7.05 Å². The molecule has 0 aromatic heterocycles. The molecule has 5 unspecified atom stereocenters. The van der Waals surface area contributed by atoms with Gasteiger partial charge in [-0.25, -0.2) is 0 Å². The van der Waals surface area contributed by atoms with Gasteiger partial charge in [-0.15, -0.1) is 0 Å². The van der Waals surface area contributed by atoms with Crippen LogP contribution in [-0.4, -0.2) is 62.0 Å². The van der Waals surface area contributed by atoms with E-state index < -0.39 is 5.41 Å². The second-order valence-corrected chi connectivity index (χ2v) is 13.3. The summed E-state index contributed by atoms with van der Waals surface area (Å²) in [5.41, 5.74) is 11.9. The summed E-state index contributed by atoms with van der Waals surface area (Å²) in [6.07, 6.45) is 7.83. The van der Waals surface area contributed by atoms with Crippen LogP contribution >= 0.6 is 0 Å². The summed E-state index contributed by atoms with van der Waals surface area (Å²) >= 11 is 0. The van der Waals surface area contributed by atoms with Crippen LogP contribution in [0.2, 0.25) is 0 Å². The molecular formula is C35H53N7O. The second-order valence-electron chi connectivity index (χ2n) is 13.3. The lowest BCUT2D eigenvalue weighted by Crippen LogP contribution is -2.54. The van der Waals surface area contributed by atoms with Gasteiger partial charge >= 0.3 is 0 Å². The summed E-state index contributed by atoms with van der Waals surface area (Å²) in [4.78, 5) is 19.9. The van der Waals surface area contributed by atoms with Gasteiger partial charge in [-0.2, -0.15) is 5.26 Å². The third-order valence-electron chi connectivity index (χ3n) is 10.2. The Bertz CT molecular complexity index is 1260. The van der Waals surface area contributed by atoms with E-state index in [0.717, 1.165) is 69.3 Å². The van der Waals surface area contributed by atoms with Crippen molar-refractivity contribution in [3.05, 3.63) is 59.4 Å². The Morgan fingerprint density at radius 3 is 2.63 bits per heavy atom. The van der Waals surface area contributed by atoms with Gasteiger partial charge in [-0.1, -0.05) is 19.2 Å². The topological polar surface area (TPSA) is 119 Å². The van der Waals surface area contributed by atoms with E-state index in [1.807, 2.05) is 13.1 Å². The molecule has 1 saturated heterocycles. The first-order valence-corrected chi connectivity index (χ1v) is 16.2. The molecule has 6 atom stereocenters. The van der Waals surface area contributed by atoms with Crippen molar-refractivity contribution in [2.75, 3.05) is 27.2 Å². The zero-order valence-electron chi connectivity index (χ0n) is 27.0. The molecule has 1 aliphatic heterocycles. The predicted molar refractivity (Wildman–Crippen MR) is 176 cm³/mol. The third-order valence-corrected chi connectivity index (χ3v) is 10.2. The van der Waals surface area contributed by atoms with Crippen LogP contribution in [0.3, 0.4) is 0 Å². The fourth-order valence-electron chi connectivity index (χ4n) is 8.13. The van der Waals surface area contributed by atoms with Gasteiger partial charge in [0.2, 0.25) is 0 Å². The molecule has 43 heavy (non-hydrogen) atoms. The Morgan fingerprint density at radius 2 is 1.95 bits per heavy atom. The summed E-state index contributed by atoms with van der Waals surface area (Å²) in [6, 6.07) is 8.73. The average molecular weight is 588 g/mol. The van der Waals surface area contributed by atoms with Gasteiger partial charge in [-0.05, 0) is 113 Å². The van der Waals surface area contributed by atoms with Gasteiger partial charge < -0.3 is 26.6 Å². The molecular weight excluding hydrogens is 534 g/mol. The number of aliphatic imine (C=N–C) groups is 1. The molecule has 3 aliphatic rings. The van der Waals surface area contributed by atoms with Gasteiger partial charge in [0.05, 0.1) is 11.5 Å². The summed E-state index contributed by atoms with van der Waals surface area (Å²) in [7, 11) is 3.65. The minimum absolute atomic E-state index is 0.0636. The quantitative estimate of drug-likeness (QED) is 0.221. The number of amides is 1. The molecule has 8 nitrogen and oxygen atoms in total. The number of benzene rings is 1. The van der Waals surface area contributed by atoms with Crippen LogP contribution in [0, 0.1) is 29.1 Å². The largest absolute Gasteiger partial charge is 0.392 e. The lowest BCUT2D eigenvalue weighted by Gasteiger charge is -2.49. The highest BCUT2D eigenvalue weighted by Gasteiger charge is 2.52. The number of hydrogen-bond acceptors (Lipinski definition) is 6. The number of nitriles is 1. The van der Waals surface area contributed by atoms with Crippen molar-refractivity contribution in [2.24, 2.45) is 28.5 Å². The Hall–Kier alpha value is -3.31. The molecule has 1 amide bonds. The maximum Gasteiger partial charge on any atom is 0.251 e. The summed E-state index contributed by atoms with van der Waals surface area (Å²) < 4.78 is 0. The van der Waals surface area contributed by atoms with Crippen LogP contribution in [0.1, 0.15) is 87.2 Å². The van der Waals surface area contributed by atoms with Crippen molar-refractivity contribution < 1.29 is 4.79 Å². The number of nitrogens with one attached hydrogen (secondary N) is 3. The minimum atomic E-state index is -0.482. The number of amidine groups is 1. The van der Waals surface area contributed by atoms with Crippen LogP contribution in [-0.2, 0) is 11.8 Å². The number of nitrogens with two attached hydrogens (primary N) is 1. The van der Waals surface area contributed by atoms with Crippen LogP contribution in [0.25, 0.3) is 0 Å². The lowest BCUT2D eigenvalue weighted by molar-refractivity contribution is 0.0963. The molecule has 8 heteroatoms. The van der Waals surface area contributed by atoms with Crippen molar-refractivity contribution in [1.82, 2.24) is 20.9 Å². The maximum atomic E-state index is 12.7. The van der Waals surface area contributed by atoms with Gasteiger partial charge in [0.15, 0.2) is 0 Å². The Balaban J connectivity index is 1.76. The van der Waals surface area contributed by atoms with Gasteiger partial charge in [0.1, 0.15) is 11.9 Å². The van der Waals surface area contributed by atoms with Crippen molar-refractivity contribution in [3.63, 3.8) is 0 Å². The number of carbonyl (C=O) groups is 1. The maximum absolute atomic E-state index is 12.7. The zero-order chi connectivity index (χ0) is 31.3. The van der Waals surface area contributed by atoms with Crippen LogP contribution in [0.15, 0.2) is 47.7 Å². The highest BCUT2D eigenvalue weighted by atomic mass is 16.1. The van der Waals surface area contributed by atoms with E-state index in [-0.39, 0.29) is 24.0 Å². The number of nitrogens with zero attached hydrogens (tertiary/aromatic N) is 3. The van der Waals surface area contributed by atoms with Gasteiger partial charge in [0, 0.05) is 56.2 Å². The van der Waals surface area contributed by atoms with E-state index in [2.05, 4.69) is 73.0 Å². The SMILES string of the molecule is C=C(NC)C1CCC2C(CCc3cc(C(=O)NC)ccc3C2(C[C@H](C)NCC(=C)N2CCCC2C#N)C(N)=NC(C)C)C1. The van der Waals surface area contributed by atoms with Crippen molar-refractivity contribution in [2.45, 2.75) is 95.7 Å². The van der Waals surface area contributed by atoms with E-state index >= 15 is 0 Å². The number of fused-ring (bicyclic) bond motifs is 2. The molecule has 1 aromatic rings. The van der Waals surface area contributed by atoms with E-state index in [9.17, 15) is 10.1 Å². The molecule has 234 valence electrons. The molecule has 2 fully saturated rings. The van der Waals surface area contributed by atoms with Crippen LogP contribution < -0.4 is 21.7 Å². The van der Waals surface area contributed by atoms with E-state index in [0.29, 0.717) is 35.7 Å². The molecule has 0 bridgehead atoms. The summed E-state index contributed by atoms with van der Waals surface area (Å²) in [5, 5.41) is 19.5. The fraction of sp³-hybridized carbons (Fsp3) is 0.629. The molecule has 4 rings (SSSR count). The summed E-state index contributed by atoms with van der Waals surface area (Å²) in [6.45, 7) is 16.6. The molecule has 5 N–H and O–H groups in total. The zero-order valence-corrected chi connectivity index (χ0v) is 27.0. The number of carbonyl (C=O) groups excluding carboxylic acids is 1. The van der Waals surface area contributed by atoms with Crippen molar-refractivity contribution in [1.29, 1.82) is 5.26 Å². The number of rotatable bonds is 11. The molecule has 1 aromatic carbocycles. The first kappa shape index (κ1) is 32.6. The highest BCUT2D eigenvalue weighted by molar-refractivity contribution is 5.96. The fourth-order valence-corrected chi connectivity index (χ4v) is 8.13. The normalized spacial score (nSPS) is 27.8. The molecule has 0 radical (unpaired) electrons. The van der Waals surface area contributed by atoms with Gasteiger partial charge in [0.25, 0.3) is 5.91 Å². The first-order chi connectivity index (χ1) is 20.5. The lowest BCUT2D eigenvalue weighted by atomic mass is 9.56. The average Bonchev–Trinajstić information content (AvgIpc) is 3.44. The number of aryl methyl sites for hydroxylation is 1. The Kier molecular flexibility index (Phi) is 10.6. The molecule has 0 spiro atoms. The van der Waals surface area contributed by atoms with E-state index in [1.165, 1.54) is 11.1 Å². The standard InChI is InChI=1S/C35H53N7O/c1-22(2)41-34(37)35(19-23(3)40-21-24(4)42-16-8-9-30(42)20-36)31-14-12-26(25(5)38-6)17-27(31)10-11-28-18-29(33(43)39-7)13-15-32(28)35/h13,15,18,22-23,26-27,30-31,38,40H,4-5,8-12,14,16-17,19,21H2,1-3,6-7H3,(H2,37,41)(H,39,43)/t23-,26?,27?,30?,31?,35?/m0/s1. The van der Waals surface area contributed by atoms with Crippen LogP contribution in [0.4, 0.5) is 0 Å². The van der Waals surface area contributed by atoms with Gasteiger partial charge in [-0.3, -0.25) is 9.79 Å². The number of likely N-dealkylation sites (tertiary alicyclic amines) is 1. The summed E-state index contributed by atoms with van der Waals surface area (Å²) in [5.74, 6) is 1.83.